The molecule has 2 rings (SSSR count). The normalized spacial score (nSPS) is 10.3. The van der Waals surface area contributed by atoms with Gasteiger partial charge >= 0.3 is 5.97 Å². The zero-order valence-electron chi connectivity index (χ0n) is 10.2. The van der Waals surface area contributed by atoms with Crippen LogP contribution < -0.4 is 10.1 Å². The molecule has 0 amide bonds. The molecule has 7 heteroatoms. The van der Waals surface area contributed by atoms with Gasteiger partial charge in [0.1, 0.15) is 16.3 Å². The lowest BCUT2D eigenvalue weighted by atomic mass is 10.2. The van der Waals surface area contributed by atoms with Gasteiger partial charge in [-0.1, -0.05) is 0 Å². The molecule has 0 aliphatic heterocycles. The fraction of sp³-hybridized carbons (Fsp3) is 0.167. The third-order valence-corrected chi connectivity index (χ3v) is 3.96. The molecular formula is C12H11BrN2O3S. The lowest BCUT2D eigenvalue weighted by Gasteiger charge is -2.08. The van der Waals surface area contributed by atoms with Crippen LogP contribution in [0.5, 0.6) is 5.75 Å². The molecule has 0 radical (unpaired) electrons. The molecule has 1 aromatic heterocycles. The Labute approximate surface area is 122 Å². The summed E-state index contributed by atoms with van der Waals surface area (Å²) in [6.45, 7) is 1.68. The maximum absolute atomic E-state index is 11.2. The van der Waals surface area contributed by atoms with E-state index in [9.17, 15) is 4.79 Å². The zero-order valence-corrected chi connectivity index (χ0v) is 12.6. The van der Waals surface area contributed by atoms with Crippen molar-refractivity contribution in [1.29, 1.82) is 0 Å². The molecule has 19 heavy (non-hydrogen) atoms. The van der Waals surface area contributed by atoms with Crippen molar-refractivity contribution in [2.24, 2.45) is 0 Å². The molecule has 0 saturated heterocycles. The van der Waals surface area contributed by atoms with E-state index in [1.165, 1.54) is 0 Å². The summed E-state index contributed by atoms with van der Waals surface area (Å²) in [6.07, 6.45) is 0. The largest absolute Gasteiger partial charge is 0.496 e. The molecule has 100 valence electrons. The highest BCUT2D eigenvalue weighted by atomic mass is 79.9. The van der Waals surface area contributed by atoms with Crippen LogP contribution in [-0.2, 0) is 0 Å². The summed E-state index contributed by atoms with van der Waals surface area (Å²) in [6, 6.07) is 5.42. The number of anilines is 2. The molecule has 2 aromatic rings. The van der Waals surface area contributed by atoms with Gasteiger partial charge in [-0.05, 0) is 52.6 Å². The van der Waals surface area contributed by atoms with Crippen LogP contribution >= 0.6 is 27.5 Å². The molecule has 1 aromatic carbocycles. The first-order valence-electron chi connectivity index (χ1n) is 5.33. The summed E-state index contributed by atoms with van der Waals surface area (Å²) < 4.78 is 9.98. The number of carboxylic acid groups (broad SMARTS) is 1. The van der Waals surface area contributed by atoms with Crippen molar-refractivity contribution < 1.29 is 14.6 Å². The molecule has 5 nitrogen and oxygen atoms in total. The molecule has 0 unspecified atom stereocenters. The Bertz CT molecular complexity index is 627. The summed E-state index contributed by atoms with van der Waals surface area (Å²) in [7, 11) is 1.59. The third-order valence-electron chi connectivity index (χ3n) is 2.49. The van der Waals surface area contributed by atoms with Gasteiger partial charge in [0, 0.05) is 5.69 Å². The Morgan fingerprint density at radius 3 is 2.84 bits per heavy atom. The van der Waals surface area contributed by atoms with Gasteiger partial charge in [-0.2, -0.15) is 4.37 Å². The van der Waals surface area contributed by atoms with Gasteiger partial charge in [-0.25, -0.2) is 4.79 Å². The lowest BCUT2D eigenvalue weighted by molar-refractivity contribution is 0.0697. The van der Waals surface area contributed by atoms with Gasteiger partial charge < -0.3 is 15.2 Å². The van der Waals surface area contributed by atoms with E-state index in [2.05, 4.69) is 25.6 Å². The highest BCUT2D eigenvalue weighted by Crippen LogP contribution is 2.32. The highest BCUT2D eigenvalue weighted by Gasteiger charge is 2.17. The molecule has 0 atom stereocenters. The van der Waals surface area contributed by atoms with Crippen molar-refractivity contribution >= 4 is 44.1 Å². The third kappa shape index (κ3) is 2.87. The number of aromatic carboxylic acids is 1. The first-order valence-corrected chi connectivity index (χ1v) is 6.89. The molecule has 0 bridgehead atoms. The van der Waals surface area contributed by atoms with Crippen LogP contribution in [0, 0.1) is 6.92 Å². The average molecular weight is 343 g/mol. The second-order valence-corrected chi connectivity index (χ2v) is 5.38. The van der Waals surface area contributed by atoms with E-state index < -0.39 is 5.97 Å². The van der Waals surface area contributed by atoms with Crippen molar-refractivity contribution in [1.82, 2.24) is 4.37 Å². The number of ether oxygens (including phenoxy) is 1. The Kier molecular flexibility index (Phi) is 4.06. The number of nitrogens with one attached hydrogen (secondary N) is 1. The van der Waals surface area contributed by atoms with Gasteiger partial charge in [0.05, 0.1) is 17.3 Å². The van der Waals surface area contributed by atoms with Crippen LogP contribution in [0.1, 0.15) is 16.1 Å². The number of benzene rings is 1. The smallest absolute Gasteiger partial charge is 0.340 e. The van der Waals surface area contributed by atoms with Crippen LogP contribution in [0.3, 0.4) is 0 Å². The quantitative estimate of drug-likeness (QED) is 0.886. The van der Waals surface area contributed by atoms with Crippen LogP contribution in [-0.4, -0.2) is 22.6 Å². The number of hydrogen-bond acceptors (Lipinski definition) is 5. The molecule has 0 aliphatic carbocycles. The predicted molar refractivity (Wildman–Crippen MR) is 77.8 cm³/mol. The number of aryl methyl sites for hydroxylation is 1. The first kappa shape index (κ1) is 13.8. The first-order chi connectivity index (χ1) is 9.02. The number of nitrogens with zero attached hydrogens (tertiary/aromatic N) is 1. The fourth-order valence-electron chi connectivity index (χ4n) is 1.58. The molecule has 0 aliphatic rings. The van der Waals surface area contributed by atoms with Gasteiger partial charge in [-0.3, -0.25) is 0 Å². The van der Waals surface area contributed by atoms with Crippen molar-refractivity contribution in [2.75, 3.05) is 12.4 Å². The van der Waals surface area contributed by atoms with Crippen molar-refractivity contribution in [3.05, 3.63) is 33.9 Å². The van der Waals surface area contributed by atoms with E-state index >= 15 is 0 Å². The van der Waals surface area contributed by atoms with Crippen molar-refractivity contribution in [2.45, 2.75) is 6.92 Å². The number of hydrogen-bond donors (Lipinski definition) is 2. The SMILES string of the molecule is COc1ccc(Nc2snc(C)c2C(=O)O)cc1Br. The molecule has 0 spiro atoms. The lowest BCUT2D eigenvalue weighted by Crippen LogP contribution is -2.01. The van der Waals surface area contributed by atoms with Crippen molar-refractivity contribution in [3.63, 3.8) is 0 Å². The predicted octanol–water partition coefficient (Wildman–Crippen LogP) is 3.66. The highest BCUT2D eigenvalue weighted by molar-refractivity contribution is 9.10. The Hall–Kier alpha value is -1.60. The summed E-state index contributed by atoms with van der Waals surface area (Å²) in [5, 5.41) is 12.7. The van der Waals surface area contributed by atoms with Gasteiger partial charge in [0.25, 0.3) is 0 Å². The van der Waals surface area contributed by atoms with E-state index in [0.29, 0.717) is 16.4 Å². The van der Waals surface area contributed by atoms with E-state index in [0.717, 1.165) is 21.7 Å². The van der Waals surface area contributed by atoms with Gasteiger partial charge in [0.15, 0.2) is 0 Å². The topological polar surface area (TPSA) is 71.5 Å². The number of halogens is 1. The molecule has 0 fully saturated rings. The molecular weight excluding hydrogens is 332 g/mol. The summed E-state index contributed by atoms with van der Waals surface area (Å²) in [5.74, 6) is -0.272. The summed E-state index contributed by atoms with van der Waals surface area (Å²) >= 11 is 4.51. The molecule has 0 saturated carbocycles. The average Bonchev–Trinajstić information content (AvgIpc) is 2.70. The van der Waals surface area contributed by atoms with Crippen molar-refractivity contribution in [3.8, 4) is 5.75 Å². The number of aromatic nitrogens is 1. The number of methoxy groups -OCH3 is 1. The van der Waals surface area contributed by atoms with Gasteiger partial charge in [0.2, 0.25) is 0 Å². The number of carboxylic acids is 1. The van der Waals surface area contributed by atoms with Crippen LogP contribution in [0.2, 0.25) is 0 Å². The van der Waals surface area contributed by atoms with Crippen LogP contribution in [0.25, 0.3) is 0 Å². The molecule has 2 N–H and O–H groups in total. The standard InChI is InChI=1S/C12H11BrN2O3S/c1-6-10(12(16)17)11(19-15-6)14-7-3-4-9(18-2)8(13)5-7/h3-5,14H,1-2H3,(H,16,17). The molecule has 1 heterocycles. The maximum atomic E-state index is 11.2. The minimum atomic E-state index is -0.985. The Morgan fingerprint density at radius 1 is 1.53 bits per heavy atom. The van der Waals surface area contributed by atoms with Crippen LogP contribution in [0.15, 0.2) is 22.7 Å². The van der Waals surface area contributed by atoms with E-state index in [4.69, 9.17) is 9.84 Å². The maximum Gasteiger partial charge on any atom is 0.340 e. The number of carbonyl (C=O) groups is 1. The minimum absolute atomic E-state index is 0.206. The van der Waals surface area contributed by atoms with E-state index in [1.807, 2.05) is 12.1 Å². The van der Waals surface area contributed by atoms with E-state index in [1.54, 1.807) is 20.1 Å². The second kappa shape index (κ2) is 5.58. The van der Waals surface area contributed by atoms with Gasteiger partial charge in [-0.15, -0.1) is 0 Å². The fourth-order valence-corrected chi connectivity index (χ4v) is 2.93. The van der Waals surface area contributed by atoms with E-state index in [-0.39, 0.29) is 5.56 Å². The monoisotopic (exact) mass is 342 g/mol. The second-order valence-electron chi connectivity index (χ2n) is 3.75. The summed E-state index contributed by atoms with van der Waals surface area (Å²) in [4.78, 5) is 11.2. The Balaban J connectivity index is 2.31. The summed E-state index contributed by atoms with van der Waals surface area (Å²) in [5.41, 5.74) is 1.48. The zero-order chi connectivity index (χ0) is 14.0. The Morgan fingerprint density at radius 2 is 2.26 bits per heavy atom. The minimum Gasteiger partial charge on any atom is -0.496 e. The number of rotatable bonds is 4. The van der Waals surface area contributed by atoms with Crippen LogP contribution in [0.4, 0.5) is 10.7 Å².